The van der Waals surface area contributed by atoms with Gasteiger partial charge in [-0.3, -0.25) is 4.68 Å². The predicted octanol–water partition coefficient (Wildman–Crippen LogP) is 2.36. The average molecular weight is 317 g/mol. The fourth-order valence-corrected chi connectivity index (χ4v) is 2.24. The van der Waals surface area contributed by atoms with Gasteiger partial charge in [0.2, 0.25) is 5.88 Å². The summed E-state index contributed by atoms with van der Waals surface area (Å²) in [5.41, 5.74) is 2.75. The molecule has 0 radical (unpaired) electrons. The molecule has 0 aliphatic carbocycles. The smallest absolute Gasteiger partial charge is 0.319 e. The van der Waals surface area contributed by atoms with Gasteiger partial charge in [-0.15, -0.1) is 0 Å². The maximum atomic E-state index is 11.9. The number of carbonyl (C=O) groups is 1. The Balaban J connectivity index is 1.77. The summed E-state index contributed by atoms with van der Waals surface area (Å²) in [4.78, 5) is 15.9. The number of hydrogen-bond donors (Lipinski definition) is 2. The Hall–Kier alpha value is -2.57. The number of nitrogens with one attached hydrogen (secondary N) is 2. The standard InChI is InChI=1S/C16H23N5O2/c1-11(10-21-13(3)7-12(2)20-21)8-18-16(22)19-14-5-6-15(23-4)17-9-14/h5-7,9,11H,8,10H2,1-4H3,(H2,18,19,22)/t11-/m0/s1. The normalized spacial score (nSPS) is 11.8. The number of rotatable bonds is 6. The molecule has 7 heteroatoms. The highest BCUT2D eigenvalue weighted by Gasteiger charge is 2.09. The summed E-state index contributed by atoms with van der Waals surface area (Å²) < 4.78 is 6.94. The average Bonchev–Trinajstić information content (AvgIpc) is 2.83. The van der Waals surface area contributed by atoms with Crippen molar-refractivity contribution in [2.45, 2.75) is 27.3 Å². The van der Waals surface area contributed by atoms with Gasteiger partial charge in [0.1, 0.15) is 0 Å². The molecular formula is C16H23N5O2. The van der Waals surface area contributed by atoms with E-state index < -0.39 is 0 Å². The molecule has 2 heterocycles. The Bertz CT molecular complexity index is 651. The molecule has 0 saturated carbocycles. The van der Waals surface area contributed by atoms with Crippen molar-refractivity contribution >= 4 is 11.7 Å². The van der Waals surface area contributed by atoms with E-state index in [0.717, 1.165) is 17.9 Å². The third-order valence-corrected chi connectivity index (χ3v) is 3.40. The van der Waals surface area contributed by atoms with Crippen molar-refractivity contribution in [2.75, 3.05) is 19.0 Å². The first-order valence-electron chi connectivity index (χ1n) is 7.54. The number of anilines is 1. The lowest BCUT2D eigenvalue weighted by Crippen LogP contribution is -2.33. The second kappa shape index (κ2) is 7.62. The van der Waals surface area contributed by atoms with Crippen LogP contribution < -0.4 is 15.4 Å². The fraction of sp³-hybridized carbons (Fsp3) is 0.438. The molecule has 0 unspecified atom stereocenters. The minimum Gasteiger partial charge on any atom is -0.481 e. The number of hydrogen-bond acceptors (Lipinski definition) is 4. The monoisotopic (exact) mass is 317 g/mol. The molecule has 124 valence electrons. The number of urea groups is 1. The van der Waals surface area contributed by atoms with Crippen molar-refractivity contribution < 1.29 is 9.53 Å². The first kappa shape index (κ1) is 16.8. The van der Waals surface area contributed by atoms with E-state index in [-0.39, 0.29) is 11.9 Å². The van der Waals surface area contributed by atoms with Crippen LogP contribution >= 0.6 is 0 Å². The maximum absolute atomic E-state index is 11.9. The Labute approximate surface area is 136 Å². The van der Waals surface area contributed by atoms with E-state index in [1.54, 1.807) is 25.4 Å². The van der Waals surface area contributed by atoms with Crippen molar-refractivity contribution in [3.05, 3.63) is 35.8 Å². The number of aryl methyl sites for hydroxylation is 2. The molecule has 7 nitrogen and oxygen atoms in total. The minimum atomic E-state index is -0.253. The zero-order valence-corrected chi connectivity index (χ0v) is 14.0. The lowest BCUT2D eigenvalue weighted by molar-refractivity contribution is 0.249. The number of methoxy groups -OCH3 is 1. The van der Waals surface area contributed by atoms with Crippen LogP contribution in [-0.2, 0) is 6.54 Å². The summed E-state index contributed by atoms with van der Waals surface area (Å²) in [7, 11) is 1.55. The molecule has 0 spiro atoms. The topological polar surface area (TPSA) is 81.1 Å². The molecule has 0 bridgehead atoms. The number of nitrogens with zero attached hydrogens (tertiary/aromatic N) is 3. The van der Waals surface area contributed by atoms with Gasteiger partial charge >= 0.3 is 6.03 Å². The van der Waals surface area contributed by atoms with E-state index in [9.17, 15) is 4.79 Å². The molecule has 23 heavy (non-hydrogen) atoms. The lowest BCUT2D eigenvalue weighted by atomic mass is 10.2. The largest absolute Gasteiger partial charge is 0.481 e. The number of carbonyl (C=O) groups excluding carboxylic acids is 1. The van der Waals surface area contributed by atoms with Crippen LogP contribution in [0.3, 0.4) is 0 Å². The number of aromatic nitrogens is 3. The highest BCUT2D eigenvalue weighted by molar-refractivity contribution is 5.88. The lowest BCUT2D eigenvalue weighted by Gasteiger charge is -2.14. The molecule has 0 aliphatic rings. The van der Waals surface area contributed by atoms with Crippen molar-refractivity contribution in [1.82, 2.24) is 20.1 Å². The van der Waals surface area contributed by atoms with Gasteiger partial charge in [0.25, 0.3) is 0 Å². The second-order valence-electron chi connectivity index (χ2n) is 5.64. The quantitative estimate of drug-likeness (QED) is 0.857. The van der Waals surface area contributed by atoms with Crippen molar-refractivity contribution in [3.63, 3.8) is 0 Å². The van der Waals surface area contributed by atoms with Crippen LogP contribution in [0.4, 0.5) is 10.5 Å². The molecule has 2 amide bonds. The van der Waals surface area contributed by atoms with Crippen molar-refractivity contribution in [1.29, 1.82) is 0 Å². The predicted molar refractivity (Wildman–Crippen MR) is 88.7 cm³/mol. The molecule has 2 aromatic heterocycles. The molecule has 1 atom stereocenters. The first-order valence-corrected chi connectivity index (χ1v) is 7.54. The van der Waals surface area contributed by atoms with E-state index in [1.165, 1.54) is 0 Å². The molecule has 0 saturated heterocycles. The first-order chi connectivity index (χ1) is 11.0. The zero-order valence-electron chi connectivity index (χ0n) is 14.0. The van der Waals surface area contributed by atoms with Gasteiger partial charge in [0.05, 0.1) is 24.7 Å². The van der Waals surface area contributed by atoms with E-state index in [0.29, 0.717) is 18.1 Å². The molecular weight excluding hydrogens is 294 g/mol. The third-order valence-electron chi connectivity index (χ3n) is 3.40. The van der Waals surface area contributed by atoms with Crippen LogP contribution in [0.1, 0.15) is 18.3 Å². The molecule has 0 aromatic carbocycles. The Morgan fingerprint density at radius 3 is 2.74 bits per heavy atom. The molecule has 0 fully saturated rings. The summed E-state index contributed by atoms with van der Waals surface area (Å²) in [6, 6.07) is 5.23. The van der Waals surface area contributed by atoms with E-state index in [2.05, 4.69) is 27.6 Å². The van der Waals surface area contributed by atoms with Crippen LogP contribution in [0.2, 0.25) is 0 Å². The van der Waals surface area contributed by atoms with Gasteiger partial charge in [0.15, 0.2) is 0 Å². The Morgan fingerprint density at radius 2 is 2.17 bits per heavy atom. The summed E-state index contributed by atoms with van der Waals surface area (Å²) >= 11 is 0. The summed E-state index contributed by atoms with van der Waals surface area (Å²) in [6.07, 6.45) is 1.55. The van der Waals surface area contributed by atoms with Crippen LogP contribution in [0.15, 0.2) is 24.4 Å². The van der Waals surface area contributed by atoms with Crippen molar-refractivity contribution in [2.24, 2.45) is 5.92 Å². The van der Waals surface area contributed by atoms with Gasteiger partial charge in [-0.05, 0) is 31.9 Å². The fourth-order valence-electron chi connectivity index (χ4n) is 2.24. The number of ether oxygens (including phenoxy) is 1. The summed E-state index contributed by atoms with van der Waals surface area (Å²) in [5.74, 6) is 0.780. The molecule has 2 aromatic rings. The maximum Gasteiger partial charge on any atom is 0.319 e. The van der Waals surface area contributed by atoms with E-state index in [1.807, 2.05) is 24.6 Å². The van der Waals surface area contributed by atoms with Crippen LogP contribution in [0.25, 0.3) is 0 Å². The van der Waals surface area contributed by atoms with Gasteiger partial charge in [-0.2, -0.15) is 5.10 Å². The van der Waals surface area contributed by atoms with Crippen LogP contribution in [0, 0.1) is 19.8 Å². The van der Waals surface area contributed by atoms with Crippen LogP contribution in [0.5, 0.6) is 5.88 Å². The Kier molecular flexibility index (Phi) is 5.56. The Morgan fingerprint density at radius 1 is 1.39 bits per heavy atom. The van der Waals surface area contributed by atoms with E-state index in [4.69, 9.17) is 4.74 Å². The van der Waals surface area contributed by atoms with Gasteiger partial charge < -0.3 is 15.4 Å². The van der Waals surface area contributed by atoms with Crippen LogP contribution in [-0.4, -0.2) is 34.5 Å². The summed E-state index contributed by atoms with van der Waals surface area (Å²) in [5, 5.41) is 10.0. The molecule has 0 aliphatic heterocycles. The molecule has 2 rings (SSSR count). The minimum absolute atomic E-state index is 0.253. The molecule has 2 N–H and O–H groups in total. The summed E-state index contributed by atoms with van der Waals surface area (Å²) in [6.45, 7) is 7.41. The van der Waals surface area contributed by atoms with Gasteiger partial charge in [-0.1, -0.05) is 6.92 Å². The highest BCUT2D eigenvalue weighted by Crippen LogP contribution is 2.10. The SMILES string of the molecule is COc1ccc(NC(=O)NC[C@H](C)Cn2nc(C)cc2C)cn1. The zero-order chi connectivity index (χ0) is 16.8. The number of pyridine rings is 1. The van der Waals surface area contributed by atoms with Gasteiger partial charge in [0, 0.05) is 24.8 Å². The second-order valence-corrected chi connectivity index (χ2v) is 5.64. The highest BCUT2D eigenvalue weighted by atomic mass is 16.5. The number of amides is 2. The van der Waals surface area contributed by atoms with Gasteiger partial charge in [-0.25, -0.2) is 9.78 Å². The van der Waals surface area contributed by atoms with Crippen molar-refractivity contribution in [3.8, 4) is 5.88 Å². The third kappa shape index (κ3) is 4.98. The van der Waals surface area contributed by atoms with E-state index >= 15 is 0 Å².